The second kappa shape index (κ2) is 6.98. The lowest BCUT2D eigenvalue weighted by Gasteiger charge is -2.13. The second-order valence-electron chi connectivity index (χ2n) is 4.59. The number of ether oxygens (including phenoxy) is 1. The number of rotatable bonds is 6. The zero-order chi connectivity index (χ0) is 13.7. The third-order valence-electron chi connectivity index (χ3n) is 2.58. The summed E-state index contributed by atoms with van der Waals surface area (Å²) in [5.41, 5.74) is 7.36. The van der Waals surface area contributed by atoms with E-state index >= 15 is 0 Å². The minimum Gasteiger partial charge on any atom is -0.491 e. The number of benzene rings is 1. The summed E-state index contributed by atoms with van der Waals surface area (Å²) >= 11 is 3.56. The smallest absolute Gasteiger partial charge is 0.119 e. The average molecular weight is 293 g/mol. The molecule has 1 aromatic carbocycles. The Morgan fingerprint density at radius 1 is 1.21 bits per heavy atom. The molecule has 0 fully saturated rings. The Bertz CT molecular complexity index is 479. The predicted molar refractivity (Wildman–Crippen MR) is 84.2 cm³/mol. The minimum atomic E-state index is 0.0557. The van der Waals surface area contributed by atoms with E-state index < -0.39 is 0 Å². The monoisotopic (exact) mass is 293 g/mol. The fraction of sp³-hybridized carbons (Fsp3) is 0.333. The van der Waals surface area contributed by atoms with Crippen molar-refractivity contribution in [2.45, 2.75) is 30.2 Å². The lowest BCUT2D eigenvalue weighted by Crippen LogP contribution is -2.13. The lowest BCUT2D eigenvalue weighted by molar-refractivity contribution is 0.242. The molecule has 1 aromatic heterocycles. The molecule has 0 spiro atoms. The summed E-state index contributed by atoms with van der Waals surface area (Å²) < 4.78 is 6.94. The van der Waals surface area contributed by atoms with Crippen LogP contribution in [0.5, 0.6) is 5.75 Å². The van der Waals surface area contributed by atoms with Gasteiger partial charge in [-0.3, -0.25) is 0 Å². The van der Waals surface area contributed by atoms with Crippen molar-refractivity contribution in [1.29, 1.82) is 0 Å². The van der Waals surface area contributed by atoms with Gasteiger partial charge in [0.15, 0.2) is 0 Å². The van der Waals surface area contributed by atoms with Crippen LogP contribution in [-0.4, -0.2) is 11.9 Å². The molecular weight excluding hydrogens is 274 g/mol. The molecular formula is C15H19NOS2. The van der Waals surface area contributed by atoms with Gasteiger partial charge >= 0.3 is 0 Å². The normalized spacial score (nSPS) is 12.6. The van der Waals surface area contributed by atoms with Crippen LogP contribution in [0, 0.1) is 0 Å². The molecule has 0 aliphatic heterocycles. The van der Waals surface area contributed by atoms with Crippen LogP contribution >= 0.6 is 23.1 Å². The summed E-state index contributed by atoms with van der Waals surface area (Å²) in [5, 5.41) is 2.09. The van der Waals surface area contributed by atoms with E-state index in [1.807, 2.05) is 37.7 Å². The third kappa shape index (κ3) is 4.56. The topological polar surface area (TPSA) is 35.2 Å². The van der Waals surface area contributed by atoms with Crippen LogP contribution in [0.25, 0.3) is 0 Å². The summed E-state index contributed by atoms with van der Waals surface area (Å²) in [6.07, 6.45) is 0.203. The van der Waals surface area contributed by atoms with Crippen LogP contribution in [0.15, 0.2) is 46.0 Å². The molecule has 2 rings (SSSR count). The first kappa shape index (κ1) is 14.4. The van der Waals surface area contributed by atoms with Gasteiger partial charge in [-0.2, -0.15) is 0 Å². The largest absolute Gasteiger partial charge is 0.491 e. The second-order valence-corrected chi connectivity index (χ2v) is 6.85. The highest BCUT2D eigenvalue weighted by Crippen LogP contribution is 2.27. The summed E-state index contributed by atoms with van der Waals surface area (Å²) in [4.78, 5) is 0. The minimum absolute atomic E-state index is 0.0557. The zero-order valence-electron chi connectivity index (χ0n) is 11.2. The predicted octanol–water partition coefficient (Wildman–Crippen LogP) is 4.33. The van der Waals surface area contributed by atoms with Crippen molar-refractivity contribution in [2.75, 3.05) is 5.75 Å². The Labute approximate surface area is 123 Å². The molecule has 1 heterocycles. The van der Waals surface area contributed by atoms with Crippen molar-refractivity contribution in [3.8, 4) is 5.75 Å². The van der Waals surface area contributed by atoms with Crippen LogP contribution in [0.2, 0.25) is 0 Å². The lowest BCUT2D eigenvalue weighted by atomic mass is 10.1. The Hall–Kier alpha value is -0.970. The van der Waals surface area contributed by atoms with Gasteiger partial charge in [0.25, 0.3) is 0 Å². The van der Waals surface area contributed by atoms with E-state index in [9.17, 15) is 0 Å². The summed E-state index contributed by atoms with van der Waals surface area (Å²) in [7, 11) is 0. The first-order valence-corrected chi connectivity index (χ1v) is 8.20. The Morgan fingerprint density at radius 3 is 2.53 bits per heavy atom. The molecule has 0 radical (unpaired) electrons. The molecule has 1 unspecified atom stereocenters. The van der Waals surface area contributed by atoms with Crippen LogP contribution in [-0.2, 0) is 0 Å². The average Bonchev–Trinajstić information content (AvgIpc) is 2.89. The van der Waals surface area contributed by atoms with Gasteiger partial charge in [0, 0.05) is 11.8 Å². The molecule has 0 saturated heterocycles. The molecule has 2 nitrogen and oxygen atoms in total. The fourth-order valence-corrected chi connectivity index (χ4v) is 3.48. The van der Waals surface area contributed by atoms with E-state index in [0.717, 1.165) is 17.1 Å². The van der Waals surface area contributed by atoms with E-state index in [4.69, 9.17) is 10.5 Å². The fourth-order valence-electron chi connectivity index (χ4n) is 1.68. The van der Waals surface area contributed by atoms with E-state index in [0.29, 0.717) is 0 Å². The van der Waals surface area contributed by atoms with E-state index in [2.05, 4.69) is 29.6 Å². The first-order valence-electron chi connectivity index (χ1n) is 6.33. The van der Waals surface area contributed by atoms with Crippen molar-refractivity contribution in [1.82, 2.24) is 0 Å². The van der Waals surface area contributed by atoms with Crippen LogP contribution in [0.4, 0.5) is 0 Å². The van der Waals surface area contributed by atoms with Gasteiger partial charge in [0.2, 0.25) is 0 Å². The van der Waals surface area contributed by atoms with Crippen molar-refractivity contribution >= 4 is 23.1 Å². The first-order chi connectivity index (χ1) is 9.15. The summed E-state index contributed by atoms with van der Waals surface area (Å²) in [5.74, 6) is 1.79. The number of nitrogens with two attached hydrogens (primary N) is 1. The Balaban J connectivity index is 1.90. The third-order valence-corrected chi connectivity index (χ3v) is 4.83. The molecule has 2 N–H and O–H groups in total. The SMILES string of the molecule is CC(C)Oc1ccc(C(N)CSc2cccs2)cc1. The molecule has 0 aliphatic rings. The van der Waals surface area contributed by atoms with Gasteiger partial charge in [0.05, 0.1) is 10.3 Å². The van der Waals surface area contributed by atoms with Gasteiger partial charge in [-0.15, -0.1) is 23.1 Å². The quantitative estimate of drug-likeness (QED) is 0.805. The number of hydrogen-bond donors (Lipinski definition) is 1. The number of thioether (sulfide) groups is 1. The zero-order valence-corrected chi connectivity index (χ0v) is 12.8. The van der Waals surface area contributed by atoms with Gasteiger partial charge in [-0.25, -0.2) is 0 Å². The van der Waals surface area contributed by atoms with E-state index in [-0.39, 0.29) is 12.1 Å². The van der Waals surface area contributed by atoms with Gasteiger partial charge in [-0.1, -0.05) is 18.2 Å². The van der Waals surface area contributed by atoms with Crippen molar-refractivity contribution < 1.29 is 4.74 Å². The number of hydrogen-bond acceptors (Lipinski definition) is 4. The van der Waals surface area contributed by atoms with E-state index in [1.165, 1.54) is 4.21 Å². The molecule has 1 atom stereocenters. The number of thiophene rings is 1. The van der Waals surface area contributed by atoms with Crippen molar-refractivity contribution in [3.63, 3.8) is 0 Å². The highest BCUT2D eigenvalue weighted by atomic mass is 32.2. The molecule has 19 heavy (non-hydrogen) atoms. The van der Waals surface area contributed by atoms with Crippen molar-refractivity contribution in [3.05, 3.63) is 47.3 Å². The molecule has 0 aliphatic carbocycles. The van der Waals surface area contributed by atoms with Gasteiger partial charge < -0.3 is 10.5 Å². The van der Waals surface area contributed by atoms with Crippen LogP contribution in [0.1, 0.15) is 25.5 Å². The summed E-state index contributed by atoms with van der Waals surface area (Å²) in [6, 6.07) is 12.3. The maximum absolute atomic E-state index is 6.21. The van der Waals surface area contributed by atoms with Gasteiger partial charge in [0.1, 0.15) is 5.75 Å². The van der Waals surface area contributed by atoms with Gasteiger partial charge in [-0.05, 0) is 43.0 Å². The molecule has 2 aromatic rings. The standard InChI is InChI=1S/C15H19NOS2/c1-11(2)17-13-7-5-12(6-8-13)14(16)10-19-15-4-3-9-18-15/h3-9,11,14H,10,16H2,1-2H3. The Morgan fingerprint density at radius 2 is 1.95 bits per heavy atom. The maximum atomic E-state index is 6.21. The summed E-state index contributed by atoms with van der Waals surface area (Å²) in [6.45, 7) is 4.05. The molecule has 0 amide bonds. The molecule has 0 saturated carbocycles. The maximum Gasteiger partial charge on any atom is 0.119 e. The van der Waals surface area contributed by atoms with E-state index in [1.54, 1.807) is 11.3 Å². The Kier molecular flexibility index (Phi) is 5.31. The van der Waals surface area contributed by atoms with Crippen LogP contribution in [0.3, 0.4) is 0 Å². The molecule has 0 bridgehead atoms. The van der Waals surface area contributed by atoms with Crippen LogP contribution < -0.4 is 10.5 Å². The molecule has 4 heteroatoms. The highest BCUT2D eigenvalue weighted by molar-refractivity contribution is 8.01. The molecule has 102 valence electrons. The van der Waals surface area contributed by atoms with Crippen molar-refractivity contribution in [2.24, 2.45) is 5.73 Å². The highest BCUT2D eigenvalue weighted by Gasteiger charge is 2.07.